The summed E-state index contributed by atoms with van der Waals surface area (Å²) in [5, 5.41) is 15.6. The van der Waals surface area contributed by atoms with Crippen molar-refractivity contribution in [3.63, 3.8) is 0 Å². The van der Waals surface area contributed by atoms with Crippen LogP contribution in [0.3, 0.4) is 0 Å². The zero-order valence-electron chi connectivity index (χ0n) is 17.3. The summed E-state index contributed by atoms with van der Waals surface area (Å²) in [4.78, 5) is 18.5. The van der Waals surface area contributed by atoms with Crippen LogP contribution >= 0.6 is 0 Å². The van der Waals surface area contributed by atoms with Gasteiger partial charge in [-0.2, -0.15) is 0 Å². The zero-order valence-corrected chi connectivity index (χ0v) is 17.3. The minimum atomic E-state index is -0.411. The Hall–Kier alpha value is -2.93. The number of hydrogen-bond donors (Lipinski definition) is 3. The van der Waals surface area contributed by atoms with Crippen LogP contribution in [0.15, 0.2) is 53.5 Å². The summed E-state index contributed by atoms with van der Waals surface area (Å²) in [5.74, 6) is 0.647. The van der Waals surface area contributed by atoms with Crippen molar-refractivity contribution in [1.29, 1.82) is 0 Å². The quantitative estimate of drug-likeness (QED) is 0.458. The van der Waals surface area contributed by atoms with Gasteiger partial charge < -0.3 is 20.6 Å². The number of likely N-dealkylation sites (tertiary alicyclic amines) is 1. The summed E-state index contributed by atoms with van der Waals surface area (Å²) < 4.78 is 13.5. The number of aliphatic imine (C=N–C) groups is 1. The number of amides is 1. The van der Waals surface area contributed by atoms with Crippen LogP contribution in [-0.4, -0.2) is 48.6 Å². The Kier molecular flexibility index (Phi) is 7.79. The maximum Gasteiger partial charge on any atom is 0.223 e. The summed E-state index contributed by atoms with van der Waals surface area (Å²) >= 11 is 0. The van der Waals surface area contributed by atoms with E-state index in [0.717, 1.165) is 25.1 Å². The van der Waals surface area contributed by atoms with Crippen LogP contribution in [-0.2, 0) is 24.4 Å². The summed E-state index contributed by atoms with van der Waals surface area (Å²) in [6.07, 6.45) is 1.40. The summed E-state index contributed by atoms with van der Waals surface area (Å²) in [6.45, 7) is 2.26. The maximum absolute atomic E-state index is 13.5. The first kappa shape index (κ1) is 21.8. The highest BCUT2D eigenvalue weighted by Crippen LogP contribution is 2.17. The molecule has 1 aliphatic rings. The van der Waals surface area contributed by atoms with Crippen molar-refractivity contribution >= 4 is 11.9 Å². The molecule has 0 spiro atoms. The van der Waals surface area contributed by atoms with Gasteiger partial charge >= 0.3 is 0 Å². The third kappa shape index (κ3) is 6.03. The lowest BCUT2D eigenvalue weighted by Gasteiger charge is -2.18. The lowest BCUT2D eigenvalue weighted by atomic mass is 10.1. The first-order valence-corrected chi connectivity index (χ1v) is 10.2. The topological polar surface area (TPSA) is 77.0 Å². The van der Waals surface area contributed by atoms with Gasteiger partial charge in [0.1, 0.15) is 5.82 Å². The number of halogens is 1. The molecule has 1 saturated heterocycles. The molecule has 1 fully saturated rings. The average molecular weight is 413 g/mol. The Morgan fingerprint density at radius 3 is 2.73 bits per heavy atom. The molecule has 2 aromatic rings. The minimum Gasteiger partial charge on any atom is -0.392 e. The normalized spacial score (nSPS) is 16.8. The minimum absolute atomic E-state index is 0.198. The number of hydrogen-bond acceptors (Lipinski definition) is 3. The van der Waals surface area contributed by atoms with Crippen molar-refractivity contribution in [3.05, 3.63) is 71.0 Å². The van der Waals surface area contributed by atoms with Crippen molar-refractivity contribution in [2.24, 2.45) is 10.9 Å². The number of carbonyl (C=O) groups excluding carboxylic acids is 1. The van der Waals surface area contributed by atoms with Crippen molar-refractivity contribution in [3.8, 4) is 0 Å². The molecule has 30 heavy (non-hydrogen) atoms. The van der Waals surface area contributed by atoms with E-state index in [-0.39, 0.29) is 24.0 Å². The molecule has 0 aromatic heterocycles. The van der Waals surface area contributed by atoms with Crippen LogP contribution in [0.25, 0.3) is 0 Å². The highest BCUT2D eigenvalue weighted by Gasteiger charge is 2.29. The number of benzene rings is 2. The molecule has 0 aliphatic carbocycles. The van der Waals surface area contributed by atoms with Crippen molar-refractivity contribution in [2.75, 3.05) is 26.7 Å². The van der Waals surface area contributed by atoms with Gasteiger partial charge in [-0.1, -0.05) is 36.4 Å². The fourth-order valence-corrected chi connectivity index (χ4v) is 3.62. The van der Waals surface area contributed by atoms with Crippen LogP contribution in [0.4, 0.5) is 4.39 Å². The van der Waals surface area contributed by atoms with Gasteiger partial charge in [0, 0.05) is 51.1 Å². The van der Waals surface area contributed by atoms with E-state index in [9.17, 15) is 14.3 Å². The van der Waals surface area contributed by atoms with Crippen molar-refractivity contribution < 1.29 is 14.3 Å². The first-order valence-electron chi connectivity index (χ1n) is 10.2. The first-order chi connectivity index (χ1) is 14.6. The van der Waals surface area contributed by atoms with Crippen LogP contribution in [0, 0.1) is 11.7 Å². The molecule has 1 atom stereocenters. The van der Waals surface area contributed by atoms with Gasteiger partial charge in [-0.05, 0) is 29.7 Å². The van der Waals surface area contributed by atoms with E-state index in [2.05, 4.69) is 27.8 Å². The summed E-state index contributed by atoms with van der Waals surface area (Å²) in [6, 6.07) is 14.9. The molecule has 1 amide bonds. The number of nitrogens with zero attached hydrogens (tertiary/aromatic N) is 2. The van der Waals surface area contributed by atoms with E-state index in [1.165, 1.54) is 11.6 Å². The highest BCUT2D eigenvalue weighted by atomic mass is 19.1. The van der Waals surface area contributed by atoms with Crippen LogP contribution in [0.1, 0.15) is 23.1 Å². The lowest BCUT2D eigenvalue weighted by Crippen LogP contribution is -2.40. The molecule has 0 saturated carbocycles. The highest BCUT2D eigenvalue weighted by molar-refractivity contribution is 5.80. The van der Waals surface area contributed by atoms with Crippen molar-refractivity contribution in [2.45, 2.75) is 26.0 Å². The van der Waals surface area contributed by atoms with Crippen molar-refractivity contribution in [1.82, 2.24) is 15.5 Å². The van der Waals surface area contributed by atoms with Gasteiger partial charge in [-0.3, -0.25) is 9.79 Å². The van der Waals surface area contributed by atoms with E-state index in [1.54, 1.807) is 19.2 Å². The van der Waals surface area contributed by atoms with Gasteiger partial charge in [0.25, 0.3) is 0 Å². The standard InChI is InChI=1S/C23H29FN4O2/c1-25-23(26-13-18-7-8-21(24)20(11-18)16-29)27-14-19-12-22(30)28(15-19)10-9-17-5-3-2-4-6-17/h2-8,11,19,29H,9-10,12-16H2,1H3,(H2,25,26,27). The zero-order chi connectivity index (χ0) is 21.3. The number of aliphatic hydroxyl groups is 1. The predicted molar refractivity (Wildman–Crippen MR) is 115 cm³/mol. The smallest absolute Gasteiger partial charge is 0.223 e. The maximum atomic E-state index is 13.5. The summed E-state index contributed by atoms with van der Waals surface area (Å²) in [5.41, 5.74) is 2.37. The third-order valence-corrected chi connectivity index (χ3v) is 5.33. The monoisotopic (exact) mass is 412 g/mol. The second-order valence-corrected chi connectivity index (χ2v) is 7.54. The fraction of sp³-hybridized carbons (Fsp3) is 0.391. The van der Waals surface area contributed by atoms with Crippen LogP contribution in [0.2, 0.25) is 0 Å². The van der Waals surface area contributed by atoms with Crippen LogP contribution in [0.5, 0.6) is 0 Å². The Morgan fingerprint density at radius 2 is 2.00 bits per heavy atom. The molecule has 1 unspecified atom stereocenters. The van der Waals surface area contributed by atoms with E-state index >= 15 is 0 Å². The predicted octanol–water partition coefficient (Wildman–Crippen LogP) is 2.07. The fourth-order valence-electron chi connectivity index (χ4n) is 3.62. The van der Waals surface area contributed by atoms with E-state index < -0.39 is 5.82 Å². The third-order valence-electron chi connectivity index (χ3n) is 5.33. The van der Waals surface area contributed by atoms with Gasteiger partial charge in [0.2, 0.25) is 5.91 Å². The number of aliphatic hydroxyl groups excluding tert-OH is 1. The molecule has 3 rings (SSSR count). The number of carbonyl (C=O) groups is 1. The molecule has 0 radical (unpaired) electrons. The van der Waals surface area contributed by atoms with Gasteiger partial charge in [-0.15, -0.1) is 0 Å². The van der Waals surface area contributed by atoms with E-state index in [4.69, 9.17) is 0 Å². The Balaban J connectivity index is 1.43. The molecule has 160 valence electrons. The Labute approximate surface area is 176 Å². The molecule has 0 bridgehead atoms. The Bertz CT molecular complexity index is 873. The molecular formula is C23H29FN4O2. The average Bonchev–Trinajstić information content (AvgIpc) is 3.13. The molecule has 1 aliphatic heterocycles. The number of rotatable bonds is 8. The number of nitrogens with one attached hydrogen (secondary N) is 2. The molecule has 2 aromatic carbocycles. The van der Waals surface area contributed by atoms with Gasteiger partial charge in [-0.25, -0.2) is 4.39 Å². The second kappa shape index (κ2) is 10.7. The largest absolute Gasteiger partial charge is 0.392 e. The lowest BCUT2D eigenvalue weighted by molar-refractivity contribution is -0.127. The second-order valence-electron chi connectivity index (χ2n) is 7.54. The number of guanidine groups is 1. The Morgan fingerprint density at radius 1 is 1.20 bits per heavy atom. The summed E-state index contributed by atoms with van der Waals surface area (Å²) in [7, 11) is 1.69. The molecular weight excluding hydrogens is 383 g/mol. The SMILES string of the molecule is CN=C(NCc1ccc(F)c(CO)c1)NCC1CC(=O)N(CCc2ccccc2)C1. The molecule has 7 heteroatoms. The van der Waals surface area contributed by atoms with E-state index in [1.807, 2.05) is 23.1 Å². The molecule has 1 heterocycles. The van der Waals surface area contributed by atoms with Gasteiger partial charge in [0.05, 0.1) is 6.61 Å². The molecule has 6 nitrogen and oxygen atoms in total. The van der Waals surface area contributed by atoms with E-state index in [0.29, 0.717) is 25.5 Å². The van der Waals surface area contributed by atoms with Crippen LogP contribution < -0.4 is 10.6 Å². The van der Waals surface area contributed by atoms with Gasteiger partial charge in [0.15, 0.2) is 5.96 Å². The molecule has 3 N–H and O–H groups in total.